The lowest BCUT2D eigenvalue weighted by molar-refractivity contribution is -0.137. The minimum atomic E-state index is -3.06. The lowest BCUT2D eigenvalue weighted by Crippen LogP contribution is -2.40. The third kappa shape index (κ3) is 5.45. The Bertz CT molecular complexity index is 657. The number of piperidine rings is 1. The molecule has 1 aliphatic rings. The Kier molecular flexibility index (Phi) is 7.20. The molecular weight excluding hydrogens is 364 g/mol. The van der Waals surface area contributed by atoms with Crippen molar-refractivity contribution in [2.24, 2.45) is 5.92 Å². The zero-order chi connectivity index (χ0) is 20.0. The summed E-state index contributed by atoms with van der Waals surface area (Å²) in [5.41, 5.74) is 0.226. The highest BCUT2D eigenvalue weighted by molar-refractivity contribution is 5.95. The van der Waals surface area contributed by atoms with Crippen LogP contribution in [-0.4, -0.2) is 55.8 Å². The quantitative estimate of drug-likeness (QED) is 0.738. The van der Waals surface area contributed by atoms with E-state index in [-0.39, 0.29) is 41.1 Å². The molecule has 0 aromatic heterocycles. The lowest BCUT2D eigenvalue weighted by Gasteiger charge is -2.33. The van der Waals surface area contributed by atoms with E-state index < -0.39 is 12.6 Å². The van der Waals surface area contributed by atoms with Crippen LogP contribution in [0.25, 0.3) is 0 Å². The van der Waals surface area contributed by atoms with Gasteiger partial charge in [-0.2, -0.15) is 8.78 Å². The van der Waals surface area contributed by atoms with Gasteiger partial charge in [0.2, 0.25) is 5.75 Å². The minimum absolute atomic E-state index is 0.0302. The number of aliphatic carboxylic acids is 1. The summed E-state index contributed by atoms with van der Waals surface area (Å²) in [6, 6.07) is 2.67. The van der Waals surface area contributed by atoms with E-state index in [2.05, 4.69) is 4.74 Å². The molecule has 1 fully saturated rings. The van der Waals surface area contributed by atoms with Gasteiger partial charge in [-0.05, 0) is 37.3 Å². The van der Waals surface area contributed by atoms with Gasteiger partial charge in [-0.15, -0.1) is 0 Å². The molecule has 1 amide bonds. The fraction of sp³-hybridized carbons (Fsp3) is 0.556. The van der Waals surface area contributed by atoms with E-state index in [0.29, 0.717) is 19.5 Å². The second-order valence-corrected chi connectivity index (χ2v) is 6.28. The van der Waals surface area contributed by atoms with Gasteiger partial charge in [-0.25, -0.2) is 0 Å². The number of hydrogen-bond acceptors (Lipinski definition) is 5. The van der Waals surface area contributed by atoms with E-state index in [1.807, 2.05) is 0 Å². The number of likely N-dealkylation sites (tertiary alicyclic amines) is 1. The molecule has 0 bridgehead atoms. The van der Waals surface area contributed by atoms with Crippen molar-refractivity contribution in [1.29, 1.82) is 0 Å². The molecular formula is C18H23F2NO6. The molecule has 0 saturated carbocycles. The van der Waals surface area contributed by atoms with Gasteiger partial charge < -0.3 is 24.2 Å². The Morgan fingerprint density at radius 3 is 2.41 bits per heavy atom. The summed E-state index contributed by atoms with van der Waals surface area (Å²) in [5.74, 6) is -1.37. The van der Waals surface area contributed by atoms with E-state index in [0.717, 1.165) is 12.8 Å². The zero-order valence-corrected chi connectivity index (χ0v) is 15.2. The number of carboxylic acid groups (broad SMARTS) is 1. The highest BCUT2D eigenvalue weighted by atomic mass is 19.3. The summed E-state index contributed by atoms with van der Waals surface area (Å²) in [4.78, 5) is 25.3. The van der Waals surface area contributed by atoms with Crippen LogP contribution in [0.15, 0.2) is 12.1 Å². The molecule has 1 atom stereocenters. The van der Waals surface area contributed by atoms with Gasteiger partial charge in [0.05, 0.1) is 14.2 Å². The van der Waals surface area contributed by atoms with Gasteiger partial charge in [0.1, 0.15) is 0 Å². The Hall–Kier alpha value is -2.58. The molecule has 0 aliphatic carbocycles. The molecule has 1 aliphatic heterocycles. The highest BCUT2D eigenvalue weighted by Gasteiger charge is 2.27. The van der Waals surface area contributed by atoms with Crippen molar-refractivity contribution in [2.75, 3.05) is 27.3 Å². The van der Waals surface area contributed by atoms with Crippen LogP contribution in [0.5, 0.6) is 17.2 Å². The number of carboxylic acids is 1. The third-order valence-corrected chi connectivity index (χ3v) is 4.49. The molecule has 1 unspecified atom stereocenters. The number of carbonyl (C=O) groups excluding carboxylic acids is 1. The SMILES string of the molecule is COc1cc(C(=O)N2CCCC(CCC(=O)O)C2)cc(OC)c1OC(F)F. The van der Waals surface area contributed by atoms with Crippen LogP contribution in [0.2, 0.25) is 0 Å². The smallest absolute Gasteiger partial charge is 0.387 e. The molecule has 2 rings (SSSR count). The average Bonchev–Trinajstić information content (AvgIpc) is 2.65. The number of amides is 1. The van der Waals surface area contributed by atoms with Crippen LogP contribution in [0.1, 0.15) is 36.0 Å². The van der Waals surface area contributed by atoms with Crippen molar-refractivity contribution in [2.45, 2.75) is 32.3 Å². The van der Waals surface area contributed by atoms with Crippen LogP contribution in [0.4, 0.5) is 8.78 Å². The maximum absolute atomic E-state index is 12.9. The molecule has 1 N–H and O–H groups in total. The van der Waals surface area contributed by atoms with Crippen molar-refractivity contribution in [3.63, 3.8) is 0 Å². The summed E-state index contributed by atoms with van der Waals surface area (Å²) < 4.78 is 39.9. The van der Waals surface area contributed by atoms with Gasteiger partial charge in [0, 0.05) is 25.1 Å². The number of methoxy groups -OCH3 is 2. The topological polar surface area (TPSA) is 85.3 Å². The van der Waals surface area contributed by atoms with Crippen molar-refractivity contribution >= 4 is 11.9 Å². The molecule has 1 saturated heterocycles. The number of alkyl halides is 2. The first-order valence-electron chi connectivity index (χ1n) is 8.57. The standard InChI is InChI=1S/C18H23F2NO6/c1-25-13-8-12(9-14(26-2)16(13)27-18(19)20)17(24)21-7-3-4-11(10-21)5-6-15(22)23/h8-9,11,18H,3-7,10H2,1-2H3,(H,22,23). The van der Waals surface area contributed by atoms with Crippen molar-refractivity contribution in [3.8, 4) is 17.2 Å². The van der Waals surface area contributed by atoms with Crippen LogP contribution in [0, 0.1) is 5.92 Å². The predicted molar refractivity (Wildman–Crippen MR) is 91.7 cm³/mol. The maximum atomic E-state index is 12.9. The Balaban J connectivity index is 2.20. The Morgan fingerprint density at radius 2 is 1.89 bits per heavy atom. The second kappa shape index (κ2) is 9.38. The normalized spacial score (nSPS) is 16.9. The summed E-state index contributed by atoms with van der Waals surface area (Å²) in [6.45, 7) is -2.07. The highest BCUT2D eigenvalue weighted by Crippen LogP contribution is 2.40. The maximum Gasteiger partial charge on any atom is 0.387 e. The molecule has 7 nitrogen and oxygen atoms in total. The molecule has 9 heteroatoms. The van der Waals surface area contributed by atoms with Crippen LogP contribution >= 0.6 is 0 Å². The number of benzene rings is 1. The molecule has 1 aromatic carbocycles. The zero-order valence-electron chi connectivity index (χ0n) is 15.2. The summed E-state index contributed by atoms with van der Waals surface area (Å²) in [5, 5.41) is 8.83. The van der Waals surface area contributed by atoms with E-state index >= 15 is 0 Å². The molecule has 0 radical (unpaired) electrons. The first kappa shape index (κ1) is 20.7. The Labute approximate surface area is 155 Å². The Morgan fingerprint density at radius 1 is 1.26 bits per heavy atom. The second-order valence-electron chi connectivity index (χ2n) is 6.28. The van der Waals surface area contributed by atoms with Crippen LogP contribution < -0.4 is 14.2 Å². The summed E-state index contributed by atoms with van der Waals surface area (Å²) in [7, 11) is 2.56. The van der Waals surface area contributed by atoms with Gasteiger partial charge in [0.15, 0.2) is 11.5 Å². The molecule has 0 spiro atoms. The van der Waals surface area contributed by atoms with E-state index in [1.165, 1.54) is 26.4 Å². The molecule has 1 aromatic rings. The van der Waals surface area contributed by atoms with Gasteiger partial charge in [-0.3, -0.25) is 9.59 Å². The van der Waals surface area contributed by atoms with Gasteiger partial charge in [-0.1, -0.05) is 0 Å². The number of halogens is 2. The predicted octanol–water partition coefficient (Wildman–Crippen LogP) is 3.02. The fourth-order valence-electron chi connectivity index (χ4n) is 3.20. The van der Waals surface area contributed by atoms with Crippen molar-refractivity contribution in [1.82, 2.24) is 4.90 Å². The molecule has 1 heterocycles. The number of rotatable bonds is 8. The number of carbonyl (C=O) groups is 2. The number of nitrogens with zero attached hydrogens (tertiary/aromatic N) is 1. The van der Waals surface area contributed by atoms with Crippen molar-refractivity contribution in [3.05, 3.63) is 17.7 Å². The molecule has 150 valence electrons. The minimum Gasteiger partial charge on any atom is -0.493 e. The van der Waals surface area contributed by atoms with Gasteiger partial charge >= 0.3 is 12.6 Å². The monoisotopic (exact) mass is 387 g/mol. The van der Waals surface area contributed by atoms with E-state index in [9.17, 15) is 18.4 Å². The van der Waals surface area contributed by atoms with E-state index in [1.54, 1.807) is 4.90 Å². The lowest BCUT2D eigenvalue weighted by atomic mass is 9.93. The first-order valence-corrected chi connectivity index (χ1v) is 8.57. The van der Waals surface area contributed by atoms with Crippen LogP contribution in [-0.2, 0) is 4.79 Å². The fourth-order valence-corrected chi connectivity index (χ4v) is 3.20. The first-order chi connectivity index (χ1) is 12.8. The number of ether oxygens (including phenoxy) is 3. The average molecular weight is 387 g/mol. The van der Waals surface area contributed by atoms with Gasteiger partial charge in [0.25, 0.3) is 5.91 Å². The van der Waals surface area contributed by atoms with Crippen molar-refractivity contribution < 1.29 is 37.7 Å². The summed E-state index contributed by atoms with van der Waals surface area (Å²) >= 11 is 0. The van der Waals surface area contributed by atoms with E-state index in [4.69, 9.17) is 14.6 Å². The van der Waals surface area contributed by atoms with Crippen LogP contribution in [0.3, 0.4) is 0 Å². The molecule has 27 heavy (non-hydrogen) atoms. The third-order valence-electron chi connectivity index (χ3n) is 4.49. The number of hydrogen-bond donors (Lipinski definition) is 1. The largest absolute Gasteiger partial charge is 0.493 e. The summed E-state index contributed by atoms with van der Waals surface area (Å²) in [6.07, 6.45) is 2.21.